The molecular formula is C23H19N3O3. The Hall–Kier alpha value is -3.93. The summed E-state index contributed by atoms with van der Waals surface area (Å²) in [6, 6.07) is 24.2. The summed E-state index contributed by atoms with van der Waals surface area (Å²) in [6.45, 7) is 0.484. The normalized spacial score (nSPS) is 10.6. The second-order valence-corrected chi connectivity index (χ2v) is 6.57. The Bertz CT molecular complexity index is 1190. The molecule has 0 aliphatic rings. The standard InChI is InChI=1S/C23H19N3O3/c27-22(14-21-19-8-4-5-9-20(19)23(28)26-25-21)24-17-10-12-18(13-11-17)29-15-16-6-2-1-3-7-16/h1-13H,14-15H2,(H,24,27)(H,26,28). The summed E-state index contributed by atoms with van der Waals surface area (Å²) in [5, 5.41) is 10.5. The van der Waals surface area contributed by atoms with Gasteiger partial charge in [-0.2, -0.15) is 5.10 Å². The number of anilines is 1. The number of benzene rings is 3. The molecule has 0 spiro atoms. The van der Waals surface area contributed by atoms with Crippen molar-refractivity contribution in [2.75, 3.05) is 5.32 Å². The summed E-state index contributed by atoms with van der Waals surface area (Å²) >= 11 is 0. The molecule has 0 atom stereocenters. The first-order valence-electron chi connectivity index (χ1n) is 9.22. The topological polar surface area (TPSA) is 84.1 Å². The molecular weight excluding hydrogens is 366 g/mol. The maximum atomic E-state index is 12.4. The third kappa shape index (κ3) is 4.50. The summed E-state index contributed by atoms with van der Waals surface area (Å²) in [4.78, 5) is 24.3. The zero-order valence-electron chi connectivity index (χ0n) is 15.6. The van der Waals surface area contributed by atoms with Crippen molar-refractivity contribution in [3.05, 3.63) is 100 Å². The molecule has 3 aromatic carbocycles. The highest BCUT2D eigenvalue weighted by molar-refractivity contribution is 5.95. The lowest BCUT2D eigenvalue weighted by Gasteiger charge is -2.09. The molecule has 144 valence electrons. The van der Waals surface area contributed by atoms with Crippen LogP contribution in [0.5, 0.6) is 5.75 Å². The SMILES string of the molecule is O=C(Cc1n[nH]c(=O)c2ccccc12)Nc1ccc(OCc2ccccc2)cc1. The van der Waals surface area contributed by atoms with E-state index >= 15 is 0 Å². The molecule has 0 unspecified atom stereocenters. The molecule has 0 bridgehead atoms. The van der Waals surface area contributed by atoms with Gasteiger partial charge in [-0.25, -0.2) is 5.10 Å². The van der Waals surface area contributed by atoms with Gasteiger partial charge in [-0.3, -0.25) is 9.59 Å². The van der Waals surface area contributed by atoms with E-state index in [1.165, 1.54) is 0 Å². The Morgan fingerprint density at radius 3 is 2.34 bits per heavy atom. The van der Waals surface area contributed by atoms with Crippen LogP contribution in [-0.2, 0) is 17.8 Å². The van der Waals surface area contributed by atoms with Crippen molar-refractivity contribution in [3.63, 3.8) is 0 Å². The molecule has 2 N–H and O–H groups in total. The van der Waals surface area contributed by atoms with Gasteiger partial charge >= 0.3 is 0 Å². The van der Waals surface area contributed by atoms with Crippen molar-refractivity contribution in [1.82, 2.24) is 10.2 Å². The summed E-state index contributed by atoms with van der Waals surface area (Å²) < 4.78 is 5.75. The van der Waals surface area contributed by atoms with Crippen molar-refractivity contribution in [2.24, 2.45) is 0 Å². The van der Waals surface area contributed by atoms with Gasteiger partial charge in [-0.15, -0.1) is 0 Å². The van der Waals surface area contributed by atoms with Crippen LogP contribution in [0.1, 0.15) is 11.3 Å². The van der Waals surface area contributed by atoms with Gasteiger partial charge in [0.05, 0.1) is 17.5 Å². The van der Waals surface area contributed by atoms with Gasteiger partial charge in [0, 0.05) is 11.1 Å². The van der Waals surface area contributed by atoms with E-state index in [-0.39, 0.29) is 17.9 Å². The Morgan fingerprint density at radius 1 is 0.897 bits per heavy atom. The third-order valence-corrected chi connectivity index (χ3v) is 4.49. The second kappa shape index (κ2) is 8.39. The quantitative estimate of drug-likeness (QED) is 0.530. The van der Waals surface area contributed by atoms with Crippen molar-refractivity contribution in [1.29, 1.82) is 0 Å². The largest absolute Gasteiger partial charge is 0.489 e. The predicted octanol–water partition coefficient (Wildman–Crippen LogP) is 3.68. The maximum Gasteiger partial charge on any atom is 0.272 e. The molecule has 0 saturated carbocycles. The Labute approximate surface area is 167 Å². The molecule has 1 amide bonds. The van der Waals surface area contributed by atoms with Crippen molar-refractivity contribution in [3.8, 4) is 5.75 Å². The molecule has 1 heterocycles. The van der Waals surface area contributed by atoms with Gasteiger partial charge in [0.1, 0.15) is 12.4 Å². The number of rotatable bonds is 6. The van der Waals surface area contributed by atoms with E-state index in [0.29, 0.717) is 28.8 Å². The van der Waals surface area contributed by atoms with Crippen molar-refractivity contribution in [2.45, 2.75) is 13.0 Å². The number of nitrogens with zero attached hydrogens (tertiary/aromatic N) is 1. The minimum absolute atomic E-state index is 0.0591. The molecule has 6 nitrogen and oxygen atoms in total. The zero-order valence-corrected chi connectivity index (χ0v) is 15.6. The summed E-state index contributed by atoms with van der Waals surface area (Å²) in [6.07, 6.45) is 0.0591. The van der Waals surface area contributed by atoms with Gasteiger partial charge in [-0.1, -0.05) is 48.5 Å². The zero-order chi connectivity index (χ0) is 20.1. The average Bonchev–Trinajstić information content (AvgIpc) is 2.76. The monoisotopic (exact) mass is 385 g/mol. The number of nitrogens with one attached hydrogen (secondary N) is 2. The van der Waals surface area contributed by atoms with Gasteiger partial charge in [0.2, 0.25) is 5.91 Å². The van der Waals surface area contributed by atoms with Crippen LogP contribution < -0.4 is 15.6 Å². The molecule has 0 aliphatic carbocycles. The van der Waals surface area contributed by atoms with Crippen molar-refractivity contribution >= 4 is 22.4 Å². The van der Waals surface area contributed by atoms with Crippen LogP contribution in [0.3, 0.4) is 0 Å². The van der Waals surface area contributed by atoms with Crippen LogP contribution >= 0.6 is 0 Å². The fraction of sp³-hybridized carbons (Fsp3) is 0.0870. The Balaban J connectivity index is 1.39. The number of ether oxygens (including phenoxy) is 1. The number of carbonyl (C=O) groups is 1. The molecule has 0 aliphatic heterocycles. The Kier molecular flexibility index (Phi) is 5.33. The van der Waals surface area contributed by atoms with E-state index in [2.05, 4.69) is 15.5 Å². The lowest BCUT2D eigenvalue weighted by atomic mass is 10.1. The lowest BCUT2D eigenvalue weighted by Crippen LogP contribution is -2.18. The van der Waals surface area contributed by atoms with E-state index in [1.54, 1.807) is 30.3 Å². The average molecular weight is 385 g/mol. The van der Waals surface area contributed by atoms with Crippen LogP contribution in [0.4, 0.5) is 5.69 Å². The van der Waals surface area contributed by atoms with E-state index in [1.807, 2.05) is 48.5 Å². The number of amides is 1. The summed E-state index contributed by atoms with van der Waals surface area (Å²) in [7, 11) is 0. The number of carbonyl (C=O) groups excluding carboxylic acids is 1. The van der Waals surface area contributed by atoms with E-state index < -0.39 is 0 Å². The highest BCUT2D eigenvalue weighted by atomic mass is 16.5. The van der Waals surface area contributed by atoms with Crippen LogP contribution in [0, 0.1) is 0 Å². The molecule has 0 fully saturated rings. The summed E-state index contributed by atoms with van der Waals surface area (Å²) in [5.41, 5.74) is 2.01. The van der Waals surface area contributed by atoms with Gasteiger partial charge in [0.15, 0.2) is 0 Å². The lowest BCUT2D eigenvalue weighted by molar-refractivity contribution is -0.115. The first kappa shape index (κ1) is 18.4. The first-order chi connectivity index (χ1) is 14.2. The van der Waals surface area contributed by atoms with Crippen LogP contribution in [0.2, 0.25) is 0 Å². The number of H-pyrrole nitrogens is 1. The molecule has 29 heavy (non-hydrogen) atoms. The molecule has 4 rings (SSSR count). The predicted molar refractivity (Wildman–Crippen MR) is 112 cm³/mol. The fourth-order valence-corrected chi connectivity index (χ4v) is 3.04. The highest BCUT2D eigenvalue weighted by Crippen LogP contribution is 2.18. The molecule has 6 heteroatoms. The number of hydrogen-bond acceptors (Lipinski definition) is 4. The maximum absolute atomic E-state index is 12.4. The second-order valence-electron chi connectivity index (χ2n) is 6.57. The van der Waals surface area contributed by atoms with Crippen molar-refractivity contribution < 1.29 is 9.53 Å². The fourth-order valence-electron chi connectivity index (χ4n) is 3.04. The van der Waals surface area contributed by atoms with Gasteiger partial charge < -0.3 is 10.1 Å². The smallest absolute Gasteiger partial charge is 0.272 e. The molecule has 1 aromatic heterocycles. The minimum atomic E-state index is -0.268. The summed E-state index contributed by atoms with van der Waals surface area (Å²) in [5.74, 6) is 0.507. The molecule has 4 aromatic rings. The number of fused-ring (bicyclic) bond motifs is 1. The van der Waals surface area contributed by atoms with E-state index in [9.17, 15) is 9.59 Å². The highest BCUT2D eigenvalue weighted by Gasteiger charge is 2.11. The van der Waals surface area contributed by atoms with Crippen LogP contribution in [-0.4, -0.2) is 16.1 Å². The van der Waals surface area contributed by atoms with Crippen LogP contribution in [0.25, 0.3) is 10.8 Å². The van der Waals surface area contributed by atoms with Gasteiger partial charge in [0.25, 0.3) is 5.56 Å². The van der Waals surface area contributed by atoms with Crippen LogP contribution in [0.15, 0.2) is 83.7 Å². The van der Waals surface area contributed by atoms with E-state index in [4.69, 9.17) is 4.74 Å². The van der Waals surface area contributed by atoms with E-state index in [0.717, 1.165) is 11.3 Å². The van der Waals surface area contributed by atoms with Gasteiger partial charge in [-0.05, 0) is 35.9 Å². The number of aromatic amines is 1. The molecule has 0 saturated heterocycles. The number of aromatic nitrogens is 2. The number of hydrogen-bond donors (Lipinski definition) is 2. The molecule has 0 radical (unpaired) electrons. The minimum Gasteiger partial charge on any atom is -0.489 e. The third-order valence-electron chi connectivity index (χ3n) is 4.49. The Morgan fingerprint density at radius 2 is 1.59 bits per heavy atom. The first-order valence-corrected chi connectivity index (χ1v) is 9.22.